The zero-order valence-electron chi connectivity index (χ0n) is 11.5. The second-order valence-corrected chi connectivity index (χ2v) is 6.16. The van der Waals surface area contributed by atoms with Gasteiger partial charge in [0.15, 0.2) is 0 Å². The van der Waals surface area contributed by atoms with E-state index in [2.05, 4.69) is 43.6 Å². The maximum absolute atomic E-state index is 5.56. The quantitative estimate of drug-likeness (QED) is 0.851. The number of fused-ring (bicyclic) bond motifs is 1. The van der Waals surface area contributed by atoms with Crippen molar-refractivity contribution in [3.8, 4) is 5.75 Å². The Labute approximate surface area is 114 Å². The Kier molecular flexibility index (Phi) is 4.95. The van der Waals surface area contributed by atoms with Crippen LogP contribution in [0.15, 0.2) is 18.2 Å². The summed E-state index contributed by atoms with van der Waals surface area (Å²) in [7, 11) is 0. The maximum atomic E-state index is 5.56. The van der Waals surface area contributed by atoms with Gasteiger partial charge in [-0.3, -0.25) is 0 Å². The van der Waals surface area contributed by atoms with Crippen molar-refractivity contribution in [1.29, 1.82) is 0 Å². The molecule has 2 unspecified atom stereocenters. The van der Waals surface area contributed by atoms with Crippen LogP contribution in [0.1, 0.15) is 37.4 Å². The molecule has 0 aliphatic carbocycles. The van der Waals surface area contributed by atoms with E-state index in [9.17, 15) is 0 Å². The molecule has 1 aliphatic rings. The minimum absolute atomic E-state index is 0.463. The third-order valence-electron chi connectivity index (χ3n) is 3.58. The van der Waals surface area contributed by atoms with Crippen LogP contribution in [0, 0.1) is 0 Å². The Morgan fingerprint density at radius 2 is 2.28 bits per heavy atom. The summed E-state index contributed by atoms with van der Waals surface area (Å²) in [5.41, 5.74) is 2.76. The summed E-state index contributed by atoms with van der Waals surface area (Å²) in [6.45, 7) is 6.41. The molecule has 1 heterocycles. The van der Waals surface area contributed by atoms with Gasteiger partial charge in [-0.2, -0.15) is 11.8 Å². The molecule has 0 spiro atoms. The van der Waals surface area contributed by atoms with Crippen molar-refractivity contribution in [2.75, 3.05) is 19.4 Å². The van der Waals surface area contributed by atoms with Gasteiger partial charge in [0, 0.05) is 24.3 Å². The van der Waals surface area contributed by atoms with Crippen molar-refractivity contribution in [3.05, 3.63) is 29.3 Å². The zero-order valence-corrected chi connectivity index (χ0v) is 12.3. The van der Waals surface area contributed by atoms with Crippen molar-refractivity contribution in [2.45, 2.75) is 38.0 Å². The first-order chi connectivity index (χ1) is 8.74. The molecular weight excluding hydrogens is 242 g/mol. The highest BCUT2D eigenvalue weighted by Gasteiger charge is 2.16. The Hall–Kier alpha value is -0.670. The molecule has 1 aromatic carbocycles. The van der Waals surface area contributed by atoms with Crippen LogP contribution in [-0.2, 0) is 6.42 Å². The van der Waals surface area contributed by atoms with Crippen molar-refractivity contribution < 1.29 is 4.74 Å². The topological polar surface area (TPSA) is 21.3 Å². The first-order valence-corrected chi connectivity index (χ1v) is 8.05. The average Bonchev–Trinajstić information content (AvgIpc) is 2.86. The summed E-state index contributed by atoms with van der Waals surface area (Å²) in [5.74, 6) is 1.08. The van der Waals surface area contributed by atoms with Gasteiger partial charge in [-0.15, -0.1) is 0 Å². The van der Waals surface area contributed by atoms with Crippen LogP contribution in [0.25, 0.3) is 0 Å². The second kappa shape index (κ2) is 6.48. The van der Waals surface area contributed by atoms with Gasteiger partial charge < -0.3 is 10.1 Å². The molecule has 3 heteroatoms. The summed E-state index contributed by atoms with van der Waals surface area (Å²) in [5, 5.41) is 4.33. The predicted molar refractivity (Wildman–Crippen MR) is 79.7 cm³/mol. The van der Waals surface area contributed by atoms with Gasteiger partial charge >= 0.3 is 0 Å². The number of hydrogen-bond acceptors (Lipinski definition) is 3. The summed E-state index contributed by atoms with van der Waals surface area (Å²) < 4.78 is 5.56. The molecule has 0 fully saturated rings. The number of benzene rings is 1. The van der Waals surface area contributed by atoms with Gasteiger partial charge in [-0.1, -0.05) is 26.0 Å². The lowest BCUT2D eigenvalue weighted by Gasteiger charge is -2.20. The van der Waals surface area contributed by atoms with Crippen molar-refractivity contribution >= 4 is 11.8 Å². The van der Waals surface area contributed by atoms with Crippen molar-refractivity contribution in [3.63, 3.8) is 0 Å². The minimum atomic E-state index is 0.463. The molecule has 18 heavy (non-hydrogen) atoms. The first-order valence-electron chi connectivity index (χ1n) is 6.76. The van der Waals surface area contributed by atoms with E-state index in [1.165, 1.54) is 11.1 Å². The Morgan fingerprint density at radius 1 is 1.44 bits per heavy atom. The van der Waals surface area contributed by atoms with Crippen LogP contribution >= 0.6 is 11.8 Å². The molecule has 1 N–H and O–H groups in total. The van der Waals surface area contributed by atoms with Gasteiger partial charge in [0.05, 0.1) is 6.61 Å². The lowest BCUT2D eigenvalue weighted by molar-refractivity contribution is 0.356. The van der Waals surface area contributed by atoms with Crippen LogP contribution in [0.5, 0.6) is 5.75 Å². The van der Waals surface area contributed by atoms with E-state index in [1.807, 2.05) is 11.8 Å². The standard InChI is InChI=1S/C15H23NOS/c1-4-14(16-10-11(2)18-3)12-5-6-15-13(9-12)7-8-17-15/h5-6,9,11,14,16H,4,7-8,10H2,1-3H3. The van der Waals surface area contributed by atoms with Crippen molar-refractivity contribution in [1.82, 2.24) is 5.32 Å². The van der Waals surface area contributed by atoms with Gasteiger partial charge in [-0.05, 0) is 29.9 Å². The fourth-order valence-electron chi connectivity index (χ4n) is 2.31. The Bertz CT molecular complexity index is 394. The summed E-state index contributed by atoms with van der Waals surface area (Å²) in [6.07, 6.45) is 4.35. The van der Waals surface area contributed by atoms with E-state index in [-0.39, 0.29) is 0 Å². The van der Waals surface area contributed by atoms with Gasteiger partial charge in [0.25, 0.3) is 0 Å². The highest BCUT2D eigenvalue weighted by Crippen LogP contribution is 2.29. The summed E-state index contributed by atoms with van der Waals surface area (Å²) in [4.78, 5) is 0. The van der Waals surface area contributed by atoms with Gasteiger partial charge in [0.2, 0.25) is 0 Å². The Morgan fingerprint density at radius 3 is 3.00 bits per heavy atom. The van der Waals surface area contributed by atoms with E-state index in [4.69, 9.17) is 4.74 Å². The predicted octanol–water partition coefficient (Wildman–Crippen LogP) is 3.41. The fraction of sp³-hybridized carbons (Fsp3) is 0.600. The smallest absolute Gasteiger partial charge is 0.122 e. The van der Waals surface area contributed by atoms with Crippen molar-refractivity contribution in [2.24, 2.45) is 0 Å². The molecule has 2 nitrogen and oxygen atoms in total. The first kappa shape index (κ1) is 13.8. The highest BCUT2D eigenvalue weighted by atomic mass is 32.2. The molecular formula is C15H23NOS. The zero-order chi connectivity index (χ0) is 13.0. The maximum Gasteiger partial charge on any atom is 0.122 e. The molecule has 0 saturated heterocycles. The third kappa shape index (κ3) is 3.21. The van der Waals surface area contributed by atoms with E-state index < -0.39 is 0 Å². The number of nitrogens with one attached hydrogen (secondary N) is 1. The SMILES string of the molecule is CCC(NCC(C)SC)c1ccc2c(c1)CCO2. The van der Waals surface area contributed by atoms with E-state index >= 15 is 0 Å². The number of thioether (sulfide) groups is 1. The van der Waals surface area contributed by atoms with Gasteiger partial charge in [-0.25, -0.2) is 0 Å². The van der Waals surface area contributed by atoms with Crippen LogP contribution < -0.4 is 10.1 Å². The Balaban J connectivity index is 2.03. The molecule has 0 amide bonds. The number of rotatable bonds is 6. The van der Waals surface area contributed by atoms with E-state index in [1.54, 1.807) is 0 Å². The molecule has 100 valence electrons. The van der Waals surface area contributed by atoms with E-state index in [0.29, 0.717) is 11.3 Å². The van der Waals surface area contributed by atoms with Crippen LogP contribution in [0.3, 0.4) is 0 Å². The summed E-state index contributed by atoms with van der Waals surface area (Å²) in [6, 6.07) is 7.10. The second-order valence-electron chi connectivity index (χ2n) is 4.88. The number of ether oxygens (including phenoxy) is 1. The molecule has 1 aromatic rings. The molecule has 2 atom stereocenters. The lowest BCUT2D eigenvalue weighted by atomic mass is 10.0. The van der Waals surface area contributed by atoms with Crippen LogP contribution in [-0.4, -0.2) is 24.7 Å². The normalized spacial score (nSPS) is 17.1. The van der Waals surface area contributed by atoms with Crippen LogP contribution in [0.4, 0.5) is 0 Å². The monoisotopic (exact) mass is 265 g/mol. The largest absolute Gasteiger partial charge is 0.493 e. The summed E-state index contributed by atoms with van der Waals surface area (Å²) >= 11 is 1.91. The average molecular weight is 265 g/mol. The lowest BCUT2D eigenvalue weighted by Crippen LogP contribution is -2.27. The molecule has 0 saturated carbocycles. The minimum Gasteiger partial charge on any atom is -0.493 e. The molecule has 2 rings (SSSR count). The van der Waals surface area contributed by atoms with Gasteiger partial charge in [0.1, 0.15) is 5.75 Å². The molecule has 1 aliphatic heterocycles. The fourth-order valence-corrected chi connectivity index (χ4v) is 2.58. The number of hydrogen-bond donors (Lipinski definition) is 1. The molecule has 0 bridgehead atoms. The third-order valence-corrected chi connectivity index (χ3v) is 4.55. The van der Waals surface area contributed by atoms with E-state index in [0.717, 1.165) is 31.7 Å². The van der Waals surface area contributed by atoms with Crippen LogP contribution in [0.2, 0.25) is 0 Å². The molecule has 0 radical (unpaired) electrons. The highest BCUT2D eigenvalue weighted by molar-refractivity contribution is 7.99. The molecule has 0 aromatic heterocycles.